The molecule has 1 aliphatic carbocycles. The summed E-state index contributed by atoms with van der Waals surface area (Å²) in [5.41, 5.74) is 1.74. The molecule has 0 aromatic carbocycles. The molecule has 0 spiro atoms. The Morgan fingerprint density at radius 3 is 3.00 bits per heavy atom. The number of nitrogens with one attached hydrogen (secondary N) is 2. The Morgan fingerprint density at radius 1 is 1.62 bits per heavy atom. The van der Waals surface area contributed by atoms with E-state index >= 15 is 0 Å². The summed E-state index contributed by atoms with van der Waals surface area (Å²) in [6.45, 7) is 4.40. The summed E-state index contributed by atoms with van der Waals surface area (Å²) >= 11 is 0. The fraction of sp³-hybridized carbons (Fsp3) is 0.700. The summed E-state index contributed by atoms with van der Waals surface area (Å²) in [4.78, 5) is 7.06. The molecule has 3 heteroatoms. The minimum atomic E-state index is 0.569. The Hall–Kier alpha value is -0.830. The Kier molecular flexibility index (Phi) is 2.36. The maximum atomic E-state index is 3.98. The van der Waals surface area contributed by atoms with Gasteiger partial charge in [0.25, 0.3) is 0 Å². The molecule has 3 nitrogen and oxygen atoms in total. The Bertz CT molecular complexity index is 249. The molecular formula is C10H17N3. The summed E-state index contributed by atoms with van der Waals surface area (Å²) in [7, 11) is 0. The number of hydrogen-bond acceptors (Lipinski definition) is 2. The van der Waals surface area contributed by atoms with Crippen molar-refractivity contribution in [3.8, 4) is 0 Å². The zero-order chi connectivity index (χ0) is 9.15. The van der Waals surface area contributed by atoms with E-state index in [9.17, 15) is 0 Å². The number of nitrogens with zero attached hydrogens (tertiary/aromatic N) is 1. The van der Waals surface area contributed by atoms with E-state index in [2.05, 4.69) is 22.2 Å². The van der Waals surface area contributed by atoms with Gasteiger partial charge in [-0.05, 0) is 18.3 Å². The van der Waals surface area contributed by atoms with E-state index in [4.69, 9.17) is 0 Å². The molecule has 2 N–H and O–H groups in total. The van der Waals surface area contributed by atoms with Crippen molar-refractivity contribution in [1.82, 2.24) is 15.3 Å². The van der Waals surface area contributed by atoms with Gasteiger partial charge in [0.1, 0.15) is 0 Å². The maximum Gasteiger partial charge on any atom is 0.0922 e. The molecule has 1 fully saturated rings. The zero-order valence-corrected chi connectivity index (χ0v) is 8.14. The maximum absolute atomic E-state index is 3.98. The fourth-order valence-electron chi connectivity index (χ4n) is 1.84. The standard InChI is InChI=1S/C10H17N3/c1-10(3-2-4-10)7-11-5-9-6-12-8-13-9/h6,8,11H,2-5,7H2,1H3,(H,12,13). The van der Waals surface area contributed by atoms with Gasteiger partial charge in [0, 0.05) is 25.0 Å². The van der Waals surface area contributed by atoms with Gasteiger partial charge in [-0.1, -0.05) is 13.3 Å². The molecule has 0 amide bonds. The summed E-state index contributed by atoms with van der Waals surface area (Å²) < 4.78 is 0. The highest BCUT2D eigenvalue weighted by Gasteiger charge is 2.30. The van der Waals surface area contributed by atoms with Gasteiger partial charge in [-0.2, -0.15) is 0 Å². The van der Waals surface area contributed by atoms with Crippen LogP contribution in [0, 0.1) is 5.41 Å². The van der Waals surface area contributed by atoms with Crippen molar-refractivity contribution in [2.45, 2.75) is 32.7 Å². The van der Waals surface area contributed by atoms with Gasteiger partial charge >= 0.3 is 0 Å². The lowest BCUT2D eigenvalue weighted by Crippen LogP contribution is -2.37. The van der Waals surface area contributed by atoms with Gasteiger partial charge in [-0.15, -0.1) is 0 Å². The minimum absolute atomic E-state index is 0.569. The SMILES string of the molecule is CC1(CNCc2cnc[nH]2)CCC1. The molecule has 1 heterocycles. The van der Waals surface area contributed by atoms with Crippen molar-refractivity contribution >= 4 is 0 Å². The lowest BCUT2D eigenvalue weighted by molar-refractivity contribution is 0.156. The van der Waals surface area contributed by atoms with Crippen LogP contribution in [0.5, 0.6) is 0 Å². The molecule has 1 aromatic heterocycles. The number of hydrogen-bond donors (Lipinski definition) is 2. The number of imidazole rings is 1. The molecule has 0 aliphatic heterocycles. The molecular weight excluding hydrogens is 162 g/mol. The lowest BCUT2D eigenvalue weighted by atomic mass is 9.70. The normalized spacial score (nSPS) is 19.8. The fourth-order valence-corrected chi connectivity index (χ4v) is 1.84. The van der Waals surface area contributed by atoms with Crippen molar-refractivity contribution in [1.29, 1.82) is 0 Å². The second-order valence-electron chi connectivity index (χ2n) is 4.34. The van der Waals surface area contributed by atoms with Crippen molar-refractivity contribution in [2.75, 3.05) is 6.54 Å². The monoisotopic (exact) mass is 179 g/mol. The Labute approximate surface area is 79.0 Å². The first-order valence-electron chi connectivity index (χ1n) is 4.97. The molecule has 1 aliphatic rings. The second kappa shape index (κ2) is 3.50. The number of rotatable bonds is 4. The molecule has 72 valence electrons. The van der Waals surface area contributed by atoms with Gasteiger partial charge in [-0.3, -0.25) is 0 Å². The van der Waals surface area contributed by atoms with Gasteiger partial charge < -0.3 is 10.3 Å². The van der Waals surface area contributed by atoms with Crippen LogP contribution in [0.15, 0.2) is 12.5 Å². The average molecular weight is 179 g/mol. The third-order valence-electron chi connectivity index (χ3n) is 2.98. The third-order valence-corrected chi connectivity index (χ3v) is 2.98. The molecule has 0 atom stereocenters. The topological polar surface area (TPSA) is 40.7 Å². The molecule has 1 saturated carbocycles. The van der Waals surface area contributed by atoms with Crippen LogP contribution in [0.1, 0.15) is 31.9 Å². The lowest BCUT2D eigenvalue weighted by Gasteiger charge is -2.38. The van der Waals surface area contributed by atoms with Crippen LogP contribution < -0.4 is 5.32 Å². The number of H-pyrrole nitrogens is 1. The van der Waals surface area contributed by atoms with Crippen LogP contribution in [-0.4, -0.2) is 16.5 Å². The first kappa shape index (κ1) is 8.75. The van der Waals surface area contributed by atoms with Crippen molar-refractivity contribution < 1.29 is 0 Å². The van der Waals surface area contributed by atoms with E-state index < -0.39 is 0 Å². The minimum Gasteiger partial charge on any atom is -0.347 e. The Morgan fingerprint density at radius 2 is 2.46 bits per heavy atom. The van der Waals surface area contributed by atoms with E-state index in [1.54, 1.807) is 6.33 Å². The van der Waals surface area contributed by atoms with Crippen LogP contribution in [0.25, 0.3) is 0 Å². The van der Waals surface area contributed by atoms with E-state index in [1.807, 2.05) is 6.20 Å². The van der Waals surface area contributed by atoms with Crippen molar-refractivity contribution in [3.63, 3.8) is 0 Å². The first-order valence-corrected chi connectivity index (χ1v) is 4.97. The summed E-state index contributed by atoms with van der Waals surface area (Å²) in [6, 6.07) is 0. The van der Waals surface area contributed by atoms with Crippen molar-refractivity contribution in [2.24, 2.45) is 5.41 Å². The van der Waals surface area contributed by atoms with Gasteiger partial charge in [0.2, 0.25) is 0 Å². The summed E-state index contributed by atoms with van der Waals surface area (Å²) in [5.74, 6) is 0. The van der Waals surface area contributed by atoms with E-state index in [0.29, 0.717) is 5.41 Å². The molecule has 1 aromatic rings. The predicted molar refractivity (Wildman–Crippen MR) is 52.3 cm³/mol. The molecule has 0 unspecified atom stereocenters. The Balaban J connectivity index is 1.69. The first-order chi connectivity index (χ1) is 6.29. The molecule has 2 rings (SSSR count). The van der Waals surface area contributed by atoms with Crippen LogP contribution >= 0.6 is 0 Å². The smallest absolute Gasteiger partial charge is 0.0922 e. The highest BCUT2D eigenvalue weighted by molar-refractivity contribution is 4.94. The predicted octanol–water partition coefficient (Wildman–Crippen LogP) is 1.69. The third kappa shape index (κ3) is 2.10. The van der Waals surface area contributed by atoms with Crippen LogP contribution in [0.4, 0.5) is 0 Å². The van der Waals surface area contributed by atoms with Gasteiger partial charge in [0.05, 0.1) is 6.33 Å². The largest absolute Gasteiger partial charge is 0.347 e. The highest BCUT2D eigenvalue weighted by Crippen LogP contribution is 2.39. The van der Waals surface area contributed by atoms with Crippen LogP contribution in [-0.2, 0) is 6.54 Å². The molecule has 0 saturated heterocycles. The quantitative estimate of drug-likeness (QED) is 0.738. The van der Waals surface area contributed by atoms with E-state index in [-0.39, 0.29) is 0 Å². The van der Waals surface area contributed by atoms with Crippen LogP contribution in [0.2, 0.25) is 0 Å². The number of aromatic amines is 1. The van der Waals surface area contributed by atoms with Gasteiger partial charge in [-0.25, -0.2) is 4.98 Å². The van der Waals surface area contributed by atoms with E-state index in [1.165, 1.54) is 25.0 Å². The highest BCUT2D eigenvalue weighted by atomic mass is 14.9. The van der Waals surface area contributed by atoms with Gasteiger partial charge in [0.15, 0.2) is 0 Å². The van der Waals surface area contributed by atoms with Crippen LogP contribution in [0.3, 0.4) is 0 Å². The van der Waals surface area contributed by atoms with Crippen molar-refractivity contribution in [3.05, 3.63) is 18.2 Å². The average Bonchev–Trinajstić information content (AvgIpc) is 2.54. The molecule has 13 heavy (non-hydrogen) atoms. The zero-order valence-electron chi connectivity index (χ0n) is 8.14. The summed E-state index contributed by atoms with van der Waals surface area (Å²) in [6.07, 6.45) is 7.76. The molecule has 0 radical (unpaired) electrons. The van der Waals surface area contributed by atoms with E-state index in [0.717, 1.165) is 13.1 Å². The summed E-state index contributed by atoms with van der Waals surface area (Å²) in [5, 5.41) is 3.46. The number of aromatic nitrogens is 2. The second-order valence-corrected chi connectivity index (χ2v) is 4.34. The molecule has 0 bridgehead atoms.